The summed E-state index contributed by atoms with van der Waals surface area (Å²) in [5.41, 5.74) is 2.44. The molecule has 3 nitrogen and oxygen atoms in total. The van der Waals surface area contributed by atoms with E-state index in [0.717, 1.165) is 11.4 Å². The predicted molar refractivity (Wildman–Crippen MR) is 60.9 cm³/mol. The molecule has 0 saturated carbocycles. The van der Waals surface area contributed by atoms with Crippen molar-refractivity contribution < 1.29 is 4.79 Å². The first kappa shape index (κ1) is 11.4. The van der Waals surface area contributed by atoms with Gasteiger partial charge < -0.3 is 4.90 Å². The molecule has 0 N–H and O–H groups in total. The van der Waals surface area contributed by atoms with E-state index in [-0.39, 0.29) is 5.78 Å². The van der Waals surface area contributed by atoms with Crippen LogP contribution in [0.4, 0.5) is 0 Å². The van der Waals surface area contributed by atoms with Crippen LogP contribution < -0.4 is 0 Å². The molecule has 3 heteroatoms. The molecule has 0 aliphatic rings. The molecule has 0 unspecified atom stereocenters. The number of nitrogens with zero attached hydrogens (tertiary/aromatic N) is 2. The van der Waals surface area contributed by atoms with Gasteiger partial charge in [0, 0.05) is 43.3 Å². The van der Waals surface area contributed by atoms with Crippen molar-refractivity contribution in [3.05, 3.63) is 41.4 Å². The van der Waals surface area contributed by atoms with Gasteiger partial charge in [0.2, 0.25) is 0 Å². The zero-order chi connectivity index (χ0) is 11.4. The molecule has 0 bridgehead atoms. The number of aryl methyl sites for hydroxylation is 2. The van der Waals surface area contributed by atoms with Crippen LogP contribution in [0, 0.1) is 13.8 Å². The molecule has 0 aliphatic heterocycles. The second-order valence-electron chi connectivity index (χ2n) is 3.78. The third kappa shape index (κ3) is 3.54. The maximum Gasteiger partial charge on any atom is 0.187 e. The van der Waals surface area contributed by atoms with Gasteiger partial charge >= 0.3 is 0 Å². The largest absolute Gasteiger partial charge is 0.383 e. The van der Waals surface area contributed by atoms with Crippen molar-refractivity contribution in [1.29, 1.82) is 0 Å². The molecule has 0 aromatic carbocycles. The molecule has 0 fully saturated rings. The molecule has 0 saturated heterocycles. The Hall–Kier alpha value is -1.64. The molecule has 0 amide bonds. The minimum atomic E-state index is 0.0114. The Morgan fingerprint density at radius 1 is 1.27 bits per heavy atom. The summed E-state index contributed by atoms with van der Waals surface area (Å²) in [4.78, 5) is 17.8. The quantitative estimate of drug-likeness (QED) is 0.557. The lowest BCUT2D eigenvalue weighted by molar-refractivity contribution is 0.104. The van der Waals surface area contributed by atoms with Gasteiger partial charge in [0.1, 0.15) is 0 Å². The number of ketones is 1. The van der Waals surface area contributed by atoms with E-state index in [0.29, 0.717) is 5.56 Å². The van der Waals surface area contributed by atoms with Gasteiger partial charge in [-0.3, -0.25) is 9.78 Å². The van der Waals surface area contributed by atoms with Crippen molar-refractivity contribution in [3.8, 4) is 0 Å². The molecule has 1 aromatic heterocycles. The van der Waals surface area contributed by atoms with Gasteiger partial charge in [-0.1, -0.05) is 0 Å². The third-order valence-electron chi connectivity index (χ3n) is 1.89. The van der Waals surface area contributed by atoms with Gasteiger partial charge in [0.05, 0.1) is 0 Å². The first-order valence-corrected chi connectivity index (χ1v) is 4.83. The summed E-state index contributed by atoms with van der Waals surface area (Å²) < 4.78 is 0. The first-order valence-electron chi connectivity index (χ1n) is 4.83. The van der Waals surface area contributed by atoms with Crippen LogP contribution in [0.25, 0.3) is 0 Å². The number of aromatic nitrogens is 1. The summed E-state index contributed by atoms with van der Waals surface area (Å²) in [5, 5.41) is 0. The highest BCUT2D eigenvalue weighted by molar-refractivity contribution is 6.04. The van der Waals surface area contributed by atoms with Gasteiger partial charge in [-0.05, 0) is 26.0 Å². The van der Waals surface area contributed by atoms with Crippen LogP contribution in [0.2, 0.25) is 0 Å². The van der Waals surface area contributed by atoms with Gasteiger partial charge in [-0.25, -0.2) is 0 Å². The smallest absolute Gasteiger partial charge is 0.187 e. The fourth-order valence-electron chi connectivity index (χ4n) is 1.29. The maximum atomic E-state index is 11.7. The molecule has 1 rings (SSSR count). The van der Waals surface area contributed by atoms with Crippen LogP contribution in [0.15, 0.2) is 24.4 Å². The van der Waals surface area contributed by atoms with Crippen LogP contribution in [0.3, 0.4) is 0 Å². The second-order valence-corrected chi connectivity index (χ2v) is 3.78. The Labute approximate surface area is 90.4 Å². The minimum absolute atomic E-state index is 0.0114. The van der Waals surface area contributed by atoms with E-state index in [1.807, 2.05) is 32.8 Å². The highest BCUT2D eigenvalue weighted by Crippen LogP contribution is 2.06. The Morgan fingerprint density at radius 2 is 1.80 bits per heavy atom. The molecule has 1 heterocycles. The highest BCUT2D eigenvalue weighted by atomic mass is 16.1. The van der Waals surface area contributed by atoms with E-state index < -0.39 is 0 Å². The lowest BCUT2D eigenvalue weighted by atomic mass is 10.1. The Balaban J connectivity index is 2.91. The highest BCUT2D eigenvalue weighted by Gasteiger charge is 2.03. The summed E-state index contributed by atoms with van der Waals surface area (Å²) in [6.45, 7) is 3.78. The lowest BCUT2D eigenvalue weighted by Gasteiger charge is -2.03. The summed E-state index contributed by atoms with van der Waals surface area (Å²) in [6.07, 6.45) is 3.31. The third-order valence-corrected chi connectivity index (χ3v) is 1.89. The van der Waals surface area contributed by atoms with Crippen molar-refractivity contribution in [2.75, 3.05) is 14.1 Å². The van der Waals surface area contributed by atoms with Crippen LogP contribution in [-0.4, -0.2) is 29.8 Å². The number of rotatable bonds is 3. The summed E-state index contributed by atoms with van der Waals surface area (Å²) in [7, 11) is 3.76. The standard InChI is InChI=1S/C12H16N2O/c1-9-7-11(8-10(2)13-9)12(15)5-6-14(3)4/h5-8H,1-4H3/b6-5+. The van der Waals surface area contributed by atoms with E-state index in [1.54, 1.807) is 24.4 Å². The van der Waals surface area contributed by atoms with Gasteiger partial charge in [-0.2, -0.15) is 0 Å². The average Bonchev–Trinajstić information content (AvgIpc) is 2.12. The second kappa shape index (κ2) is 4.73. The molecule has 0 radical (unpaired) electrons. The molecular formula is C12H16N2O. The first-order chi connectivity index (χ1) is 6.99. The number of allylic oxidation sites excluding steroid dienone is 1. The number of carbonyl (C=O) groups excluding carboxylic acids is 1. The molecule has 80 valence electrons. The van der Waals surface area contributed by atoms with Crippen LogP contribution >= 0.6 is 0 Å². The number of pyridine rings is 1. The average molecular weight is 204 g/mol. The molecule has 0 spiro atoms. The summed E-state index contributed by atoms with van der Waals surface area (Å²) in [6, 6.07) is 3.60. The van der Waals surface area contributed by atoms with E-state index >= 15 is 0 Å². The monoisotopic (exact) mass is 204 g/mol. The Kier molecular flexibility index (Phi) is 3.61. The molecule has 1 aromatic rings. The van der Waals surface area contributed by atoms with Gasteiger partial charge in [0.25, 0.3) is 0 Å². The van der Waals surface area contributed by atoms with Gasteiger partial charge in [-0.15, -0.1) is 0 Å². The summed E-state index contributed by atoms with van der Waals surface area (Å²) in [5.74, 6) is 0.0114. The zero-order valence-electron chi connectivity index (χ0n) is 9.61. The number of hydrogen-bond donors (Lipinski definition) is 0. The minimum Gasteiger partial charge on any atom is -0.383 e. The van der Waals surface area contributed by atoms with Crippen molar-refractivity contribution in [2.24, 2.45) is 0 Å². The fraction of sp³-hybridized carbons (Fsp3) is 0.333. The van der Waals surface area contributed by atoms with Crippen molar-refractivity contribution in [2.45, 2.75) is 13.8 Å². The van der Waals surface area contributed by atoms with Crippen molar-refractivity contribution in [1.82, 2.24) is 9.88 Å². The Morgan fingerprint density at radius 3 is 2.27 bits per heavy atom. The SMILES string of the molecule is Cc1cc(C(=O)/C=C/N(C)C)cc(C)n1. The van der Waals surface area contributed by atoms with E-state index in [1.165, 1.54) is 0 Å². The molecule has 15 heavy (non-hydrogen) atoms. The molecular weight excluding hydrogens is 188 g/mol. The number of carbonyl (C=O) groups is 1. The Bertz CT molecular complexity index is 374. The molecule has 0 atom stereocenters. The van der Waals surface area contributed by atoms with Crippen LogP contribution in [0.5, 0.6) is 0 Å². The van der Waals surface area contributed by atoms with Crippen LogP contribution in [-0.2, 0) is 0 Å². The maximum absolute atomic E-state index is 11.7. The van der Waals surface area contributed by atoms with E-state index in [9.17, 15) is 4.79 Å². The van der Waals surface area contributed by atoms with Crippen LogP contribution in [0.1, 0.15) is 21.7 Å². The van der Waals surface area contributed by atoms with E-state index in [4.69, 9.17) is 0 Å². The summed E-state index contributed by atoms with van der Waals surface area (Å²) >= 11 is 0. The fourth-order valence-corrected chi connectivity index (χ4v) is 1.29. The molecule has 0 aliphatic carbocycles. The van der Waals surface area contributed by atoms with Crippen molar-refractivity contribution in [3.63, 3.8) is 0 Å². The van der Waals surface area contributed by atoms with Gasteiger partial charge in [0.15, 0.2) is 5.78 Å². The van der Waals surface area contributed by atoms with Crippen molar-refractivity contribution >= 4 is 5.78 Å². The lowest BCUT2D eigenvalue weighted by Crippen LogP contribution is -2.04. The van der Waals surface area contributed by atoms with E-state index in [2.05, 4.69) is 4.98 Å². The zero-order valence-corrected chi connectivity index (χ0v) is 9.61. The predicted octanol–water partition coefficient (Wildman–Crippen LogP) is 1.96. The number of hydrogen-bond acceptors (Lipinski definition) is 3. The normalized spacial score (nSPS) is 10.7. The topological polar surface area (TPSA) is 33.2 Å².